The molecular weight excluding hydrogens is 330 g/mol. The second-order valence-electron chi connectivity index (χ2n) is 3.97. The molecule has 0 N–H and O–H groups in total. The number of methoxy groups -OCH3 is 1. The van der Waals surface area contributed by atoms with Crippen molar-refractivity contribution in [3.05, 3.63) is 61.2 Å². The Balaban J connectivity index is 2.43. The molecule has 0 saturated carbocycles. The van der Waals surface area contributed by atoms with Crippen molar-refractivity contribution in [3.8, 4) is 5.75 Å². The van der Waals surface area contributed by atoms with Gasteiger partial charge in [0.05, 0.1) is 31.0 Å². The third-order valence-electron chi connectivity index (χ3n) is 2.61. The average Bonchev–Trinajstić information content (AvgIpc) is 2.43. The molecule has 8 heteroatoms. The normalized spacial score (nSPS) is 10.3. The Morgan fingerprint density at radius 3 is 2.85 bits per heavy atom. The predicted octanol–water partition coefficient (Wildman–Crippen LogP) is 1.97. The summed E-state index contributed by atoms with van der Waals surface area (Å²) in [6.45, 7) is 0.170. The van der Waals surface area contributed by atoms with E-state index in [1.165, 1.54) is 36.3 Å². The minimum atomic E-state index is -0.506. The first-order valence-corrected chi connectivity index (χ1v) is 6.33. The van der Waals surface area contributed by atoms with Crippen molar-refractivity contribution in [2.45, 2.75) is 6.54 Å². The molecule has 1 aromatic heterocycles. The van der Waals surface area contributed by atoms with Gasteiger partial charge in [0.1, 0.15) is 10.2 Å². The number of aromatic nitrogens is 2. The number of ether oxygens (including phenoxy) is 1. The number of halogens is 1. The third-order valence-corrected chi connectivity index (χ3v) is 3.15. The van der Waals surface area contributed by atoms with Gasteiger partial charge in [0.25, 0.3) is 11.2 Å². The van der Waals surface area contributed by atoms with E-state index >= 15 is 0 Å². The highest BCUT2D eigenvalue weighted by Crippen LogP contribution is 2.22. The van der Waals surface area contributed by atoms with Crippen LogP contribution in [0.2, 0.25) is 0 Å². The van der Waals surface area contributed by atoms with Crippen LogP contribution in [0, 0.1) is 10.1 Å². The van der Waals surface area contributed by atoms with Gasteiger partial charge in [0.15, 0.2) is 0 Å². The summed E-state index contributed by atoms with van der Waals surface area (Å²) >= 11 is 3.10. The fourth-order valence-corrected chi connectivity index (χ4v) is 2.04. The van der Waals surface area contributed by atoms with Gasteiger partial charge in [0, 0.05) is 12.3 Å². The number of nitro benzene ring substituents is 1. The monoisotopic (exact) mass is 339 g/mol. The van der Waals surface area contributed by atoms with Crippen molar-refractivity contribution >= 4 is 21.6 Å². The van der Waals surface area contributed by atoms with E-state index in [0.29, 0.717) is 15.8 Å². The SMILES string of the molecule is COc1cc(Cn2cncc(Br)c2=O)cc([N+](=O)[O-])c1. The van der Waals surface area contributed by atoms with Crippen LogP contribution < -0.4 is 10.3 Å². The zero-order valence-electron chi connectivity index (χ0n) is 10.4. The first-order valence-electron chi connectivity index (χ1n) is 5.53. The summed E-state index contributed by atoms with van der Waals surface area (Å²) in [5.74, 6) is 0.366. The summed E-state index contributed by atoms with van der Waals surface area (Å²) in [6.07, 6.45) is 2.77. The minimum absolute atomic E-state index is 0.0876. The van der Waals surface area contributed by atoms with Crippen LogP contribution in [-0.4, -0.2) is 21.6 Å². The predicted molar refractivity (Wildman–Crippen MR) is 74.9 cm³/mol. The average molecular weight is 340 g/mol. The highest BCUT2D eigenvalue weighted by molar-refractivity contribution is 9.10. The molecule has 1 heterocycles. The molecular formula is C12H10BrN3O4. The third kappa shape index (κ3) is 3.02. The van der Waals surface area contributed by atoms with E-state index in [0.717, 1.165) is 0 Å². The van der Waals surface area contributed by atoms with Crippen LogP contribution >= 0.6 is 15.9 Å². The van der Waals surface area contributed by atoms with Gasteiger partial charge in [-0.25, -0.2) is 4.98 Å². The molecule has 0 aliphatic heterocycles. The summed E-state index contributed by atoms with van der Waals surface area (Å²) in [6, 6.07) is 4.36. The Morgan fingerprint density at radius 1 is 1.45 bits per heavy atom. The summed E-state index contributed by atoms with van der Waals surface area (Å²) in [7, 11) is 1.43. The topological polar surface area (TPSA) is 87.3 Å². The van der Waals surface area contributed by atoms with Gasteiger partial charge >= 0.3 is 0 Å². The van der Waals surface area contributed by atoms with Crippen molar-refractivity contribution < 1.29 is 9.66 Å². The second kappa shape index (κ2) is 5.83. The van der Waals surface area contributed by atoms with Crippen LogP contribution in [-0.2, 0) is 6.54 Å². The molecule has 0 fully saturated rings. The maximum Gasteiger partial charge on any atom is 0.273 e. The molecule has 0 spiro atoms. The Kier molecular flexibility index (Phi) is 4.14. The highest BCUT2D eigenvalue weighted by Gasteiger charge is 2.11. The maximum atomic E-state index is 11.9. The van der Waals surface area contributed by atoms with Crippen LogP contribution in [0.4, 0.5) is 5.69 Å². The summed E-state index contributed by atoms with van der Waals surface area (Å²) in [5, 5.41) is 10.9. The zero-order valence-corrected chi connectivity index (χ0v) is 12.0. The molecule has 0 atom stereocenters. The van der Waals surface area contributed by atoms with Crippen molar-refractivity contribution in [2.24, 2.45) is 0 Å². The smallest absolute Gasteiger partial charge is 0.273 e. The summed E-state index contributed by atoms with van der Waals surface area (Å²) in [4.78, 5) is 26.1. The van der Waals surface area contributed by atoms with Gasteiger partial charge in [-0.05, 0) is 27.6 Å². The molecule has 0 amide bonds. The molecule has 0 saturated heterocycles. The first-order chi connectivity index (χ1) is 9.51. The van der Waals surface area contributed by atoms with E-state index in [9.17, 15) is 14.9 Å². The van der Waals surface area contributed by atoms with Gasteiger partial charge in [0.2, 0.25) is 0 Å². The first kappa shape index (κ1) is 14.2. The minimum Gasteiger partial charge on any atom is -0.496 e. The molecule has 0 bridgehead atoms. The molecule has 0 aliphatic carbocycles. The maximum absolute atomic E-state index is 11.9. The molecule has 2 aromatic rings. The Bertz CT molecular complexity index is 714. The van der Waals surface area contributed by atoms with Gasteiger partial charge in [-0.15, -0.1) is 0 Å². The standard InChI is InChI=1S/C12H10BrN3O4/c1-20-10-3-8(2-9(4-10)16(18)19)6-15-7-14-5-11(13)12(15)17/h2-5,7H,6H2,1H3. The van der Waals surface area contributed by atoms with Gasteiger partial charge in [-0.2, -0.15) is 0 Å². The second-order valence-corrected chi connectivity index (χ2v) is 4.83. The van der Waals surface area contributed by atoms with E-state index in [2.05, 4.69) is 20.9 Å². The number of hydrogen-bond donors (Lipinski definition) is 0. The lowest BCUT2D eigenvalue weighted by Gasteiger charge is -2.07. The van der Waals surface area contributed by atoms with E-state index in [-0.39, 0.29) is 17.8 Å². The molecule has 0 aliphatic rings. The highest BCUT2D eigenvalue weighted by atomic mass is 79.9. The van der Waals surface area contributed by atoms with Gasteiger partial charge in [-0.1, -0.05) is 0 Å². The fourth-order valence-electron chi connectivity index (χ4n) is 1.69. The van der Waals surface area contributed by atoms with Crippen molar-refractivity contribution in [2.75, 3.05) is 7.11 Å². The summed E-state index contributed by atoms with van der Waals surface area (Å²) in [5.41, 5.74) is 0.235. The Hall–Kier alpha value is -2.22. The number of hydrogen-bond acceptors (Lipinski definition) is 5. The lowest BCUT2D eigenvalue weighted by Crippen LogP contribution is -2.21. The molecule has 0 unspecified atom stereocenters. The van der Waals surface area contributed by atoms with Crippen LogP contribution in [0.1, 0.15) is 5.56 Å². The van der Waals surface area contributed by atoms with Crippen LogP contribution in [0.5, 0.6) is 5.75 Å². The van der Waals surface area contributed by atoms with Crippen LogP contribution in [0.3, 0.4) is 0 Å². The summed E-state index contributed by atoms with van der Waals surface area (Å²) < 4.78 is 6.70. The molecule has 7 nitrogen and oxygen atoms in total. The van der Waals surface area contributed by atoms with Crippen LogP contribution in [0.25, 0.3) is 0 Å². The van der Waals surface area contributed by atoms with Gasteiger partial charge < -0.3 is 4.74 Å². The lowest BCUT2D eigenvalue weighted by atomic mass is 10.2. The molecule has 2 rings (SSSR count). The number of nitro groups is 1. The van der Waals surface area contributed by atoms with E-state index in [1.807, 2.05) is 0 Å². The molecule has 0 radical (unpaired) electrons. The van der Waals surface area contributed by atoms with E-state index in [1.54, 1.807) is 6.07 Å². The zero-order chi connectivity index (χ0) is 14.7. The number of benzene rings is 1. The lowest BCUT2D eigenvalue weighted by molar-refractivity contribution is -0.385. The van der Waals surface area contributed by atoms with Crippen molar-refractivity contribution in [3.63, 3.8) is 0 Å². The number of nitrogens with zero attached hydrogens (tertiary/aromatic N) is 3. The van der Waals surface area contributed by atoms with Crippen molar-refractivity contribution in [1.29, 1.82) is 0 Å². The quantitative estimate of drug-likeness (QED) is 0.627. The molecule has 20 heavy (non-hydrogen) atoms. The molecule has 104 valence electrons. The number of non-ortho nitro benzene ring substituents is 1. The van der Waals surface area contributed by atoms with E-state index in [4.69, 9.17) is 4.74 Å². The van der Waals surface area contributed by atoms with Crippen LogP contribution in [0.15, 0.2) is 40.0 Å². The van der Waals surface area contributed by atoms with E-state index < -0.39 is 4.92 Å². The fraction of sp³-hybridized carbons (Fsp3) is 0.167. The molecule has 1 aromatic carbocycles. The van der Waals surface area contributed by atoms with Gasteiger partial charge in [-0.3, -0.25) is 19.5 Å². The Labute approximate surface area is 122 Å². The number of rotatable bonds is 4. The Morgan fingerprint density at radius 2 is 2.20 bits per heavy atom. The largest absolute Gasteiger partial charge is 0.496 e. The van der Waals surface area contributed by atoms with Crippen molar-refractivity contribution in [1.82, 2.24) is 9.55 Å².